The van der Waals surface area contributed by atoms with Gasteiger partial charge in [-0.2, -0.15) is 0 Å². The summed E-state index contributed by atoms with van der Waals surface area (Å²) < 4.78 is 13.7. The molecule has 0 saturated carbocycles. The molecule has 1 fully saturated rings. The van der Waals surface area contributed by atoms with Crippen LogP contribution in [0, 0.1) is 0 Å². The molecule has 3 aromatic heterocycles. The zero-order valence-corrected chi connectivity index (χ0v) is 21.8. The molecule has 1 atom stereocenters. The van der Waals surface area contributed by atoms with E-state index in [9.17, 15) is 4.79 Å². The summed E-state index contributed by atoms with van der Waals surface area (Å²) >= 11 is 4.77. The molecule has 1 saturated heterocycles. The van der Waals surface area contributed by atoms with Crippen molar-refractivity contribution in [3.05, 3.63) is 10.4 Å². The Kier molecular flexibility index (Phi) is 6.60. The molecule has 5 heterocycles. The van der Waals surface area contributed by atoms with Gasteiger partial charge in [-0.3, -0.25) is 4.79 Å². The summed E-state index contributed by atoms with van der Waals surface area (Å²) in [5, 5.41) is 15.0. The second-order valence-electron chi connectivity index (χ2n) is 9.34. The van der Waals surface area contributed by atoms with Crippen molar-refractivity contribution >= 4 is 56.6 Å². The summed E-state index contributed by atoms with van der Waals surface area (Å²) in [5.74, 6) is 0.256. The van der Waals surface area contributed by atoms with Gasteiger partial charge < -0.3 is 14.8 Å². The minimum absolute atomic E-state index is 0.0221. The number of thiophene rings is 1. The molecule has 0 bridgehead atoms. The Morgan fingerprint density at radius 2 is 2.18 bits per heavy atom. The minimum atomic E-state index is -0.220. The van der Waals surface area contributed by atoms with Crippen LogP contribution < -0.4 is 5.32 Å². The van der Waals surface area contributed by atoms with Gasteiger partial charge in [-0.25, -0.2) is 9.38 Å². The lowest BCUT2D eigenvalue weighted by molar-refractivity contribution is -0.119. The molecule has 1 amide bonds. The van der Waals surface area contributed by atoms with E-state index >= 15 is 0 Å². The molecule has 2 aliphatic rings. The number of carbonyl (C=O) groups is 1. The molecule has 3 aromatic rings. The van der Waals surface area contributed by atoms with Crippen molar-refractivity contribution in [2.75, 3.05) is 18.9 Å². The highest BCUT2D eigenvalue weighted by molar-refractivity contribution is 8.00. The third-order valence-electron chi connectivity index (χ3n) is 5.74. The number of nitrogens with one attached hydrogen (secondary N) is 1. The Balaban J connectivity index is 1.46. The lowest BCUT2D eigenvalue weighted by atomic mass is 9.94. The number of hydrogen-bond donors (Lipinski definition) is 1. The summed E-state index contributed by atoms with van der Waals surface area (Å²) in [7, 11) is 0. The largest absolute Gasteiger partial charge is 0.376 e. The topological polar surface area (TPSA) is 90.6 Å². The van der Waals surface area contributed by atoms with E-state index in [0.717, 1.165) is 46.9 Å². The standard InChI is InChI=1S/C22H29N5O3S3/c1-12(2)32-20-24-19-17(14-8-22(3,4)30-10-15(14)33-19)18-25-26-21(27(18)20)31-11-16(28)23-9-13-6-5-7-29-13/h12-13H,5-11H2,1-4H3,(H,23,28). The minimum Gasteiger partial charge on any atom is -0.376 e. The quantitative estimate of drug-likeness (QED) is 0.378. The number of thioether (sulfide) groups is 2. The van der Waals surface area contributed by atoms with E-state index in [1.165, 1.54) is 22.2 Å². The Hall–Kier alpha value is -1.40. The number of fused-ring (bicyclic) bond motifs is 5. The molecule has 178 valence electrons. The highest BCUT2D eigenvalue weighted by Gasteiger charge is 2.32. The Labute approximate surface area is 205 Å². The van der Waals surface area contributed by atoms with Crippen LogP contribution in [0.15, 0.2) is 10.3 Å². The third kappa shape index (κ3) is 4.88. The summed E-state index contributed by atoms with van der Waals surface area (Å²) in [6, 6.07) is 0. The lowest BCUT2D eigenvalue weighted by Crippen LogP contribution is -2.32. The van der Waals surface area contributed by atoms with Crippen molar-refractivity contribution in [1.82, 2.24) is 24.9 Å². The zero-order valence-electron chi connectivity index (χ0n) is 19.3. The van der Waals surface area contributed by atoms with Crippen molar-refractivity contribution in [2.24, 2.45) is 0 Å². The predicted octanol–water partition coefficient (Wildman–Crippen LogP) is 4.08. The van der Waals surface area contributed by atoms with Crippen LogP contribution in [-0.2, 0) is 27.3 Å². The number of amides is 1. The molecule has 1 unspecified atom stereocenters. The maximum absolute atomic E-state index is 12.4. The van der Waals surface area contributed by atoms with Gasteiger partial charge in [-0.1, -0.05) is 37.4 Å². The van der Waals surface area contributed by atoms with E-state index in [1.807, 2.05) is 4.40 Å². The number of hydrogen-bond acceptors (Lipinski definition) is 9. The molecule has 33 heavy (non-hydrogen) atoms. The molecule has 8 nitrogen and oxygen atoms in total. The number of aromatic nitrogens is 4. The molecular weight excluding hydrogens is 478 g/mol. The van der Waals surface area contributed by atoms with Crippen molar-refractivity contribution in [2.45, 2.75) is 80.8 Å². The highest BCUT2D eigenvalue weighted by Crippen LogP contribution is 2.41. The smallest absolute Gasteiger partial charge is 0.230 e. The van der Waals surface area contributed by atoms with Crippen LogP contribution in [0.1, 0.15) is 51.0 Å². The zero-order chi connectivity index (χ0) is 23.2. The molecule has 0 spiro atoms. The van der Waals surface area contributed by atoms with Crippen LogP contribution in [0.4, 0.5) is 0 Å². The molecule has 0 aliphatic carbocycles. The second-order valence-corrected chi connectivity index (χ2v) is 12.9. The second kappa shape index (κ2) is 9.33. The number of carbonyl (C=O) groups excluding carboxylic acids is 1. The first-order chi connectivity index (χ1) is 15.8. The van der Waals surface area contributed by atoms with Gasteiger partial charge in [0.15, 0.2) is 16.0 Å². The van der Waals surface area contributed by atoms with Crippen molar-refractivity contribution < 1.29 is 14.3 Å². The van der Waals surface area contributed by atoms with E-state index in [2.05, 4.69) is 43.2 Å². The van der Waals surface area contributed by atoms with E-state index in [-0.39, 0.29) is 23.4 Å². The van der Waals surface area contributed by atoms with Gasteiger partial charge in [0, 0.05) is 29.7 Å². The summed E-state index contributed by atoms with van der Waals surface area (Å²) in [6.07, 6.45) is 3.02. The molecule has 1 N–H and O–H groups in total. The molecule has 0 radical (unpaired) electrons. The van der Waals surface area contributed by atoms with E-state index in [0.29, 0.717) is 23.6 Å². The summed E-state index contributed by atoms with van der Waals surface area (Å²) in [4.78, 5) is 19.7. The highest BCUT2D eigenvalue weighted by atomic mass is 32.2. The monoisotopic (exact) mass is 507 g/mol. The first-order valence-electron chi connectivity index (χ1n) is 11.3. The fraction of sp³-hybridized carbons (Fsp3) is 0.636. The first-order valence-corrected chi connectivity index (χ1v) is 14.0. The molecule has 11 heteroatoms. The fourth-order valence-corrected chi connectivity index (χ4v) is 7.01. The van der Waals surface area contributed by atoms with Crippen LogP contribution in [0.5, 0.6) is 0 Å². The average molecular weight is 508 g/mol. The molecule has 0 aromatic carbocycles. The predicted molar refractivity (Wildman–Crippen MR) is 132 cm³/mol. The maximum atomic E-state index is 12.4. The van der Waals surface area contributed by atoms with Crippen LogP contribution >= 0.6 is 34.9 Å². The lowest BCUT2D eigenvalue weighted by Gasteiger charge is -2.30. The van der Waals surface area contributed by atoms with Crippen molar-refractivity contribution in [1.29, 1.82) is 0 Å². The maximum Gasteiger partial charge on any atom is 0.230 e. The fourth-order valence-electron chi connectivity index (χ4n) is 4.19. The summed E-state index contributed by atoms with van der Waals surface area (Å²) in [5.41, 5.74) is 1.87. The van der Waals surface area contributed by atoms with Gasteiger partial charge in [0.05, 0.1) is 29.5 Å². The molecular formula is C22H29N5O3S3. The Bertz CT molecular complexity index is 1180. The number of rotatable bonds is 7. The normalized spacial score (nSPS) is 20.1. The van der Waals surface area contributed by atoms with Gasteiger partial charge >= 0.3 is 0 Å². The van der Waals surface area contributed by atoms with Gasteiger partial charge in [0.1, 0.15) is 4.83 Å². The van der Waals surface area contributed by atoms with E-state index in [4.69, 9.17) is 14.5 Å². The van der Waals surface area contributed by atoms with Gasteiger partial charge in [-0.15, -0.1) is 21.5 Å². The summed E-state index contributed by atoms with van der Waals surface area (Å²) in [6.45, 7) is 10.5. The number of nitrogens with zero attached hydrogens (tertiary/aromatic N) is 4. The van der Waals surface area contributed by atoms with Gasteiger partial charge in [-0.05, 0) is 32.3 Å². The van der Waals surface area contributed by atoms with Crippen molar-refractivity contribution in [3.63, 3.8) is 0 Å². The molecule has 5 rings (SSSR count). The van der Waals surface area contributed by atoms with Crippen LogP contribution in [0.3, 0.4) is 0 Å². The van der Waals surface area contributed by atoms with Crippen molar-refractivity contribution in [3.8, 4) is 0 Å². The van der Waals surface area contributed by atoms with Crippen LogP contribution in [0.25, 0.3) is 15.9 Å². The third-order valence-corrected chi connectivity index (χ3v) is 8.72. The van der Waals surface area contributed by atoms with Gasteiger partial charge in [0.2, 0.25) is 5.91 Å². The van der Waals surface area contributed by atoms with E-state index < -0.39 is 0 Å². The van der Waals surface area contributed by atoms with Crippen LogP contribution in [0.2, 0.25) is 0 Å². The average Bonchev–Trinajstić information content (AvgIpc) is 3.48. The van der Waals surface area contributed by atoms with Gasteiger partial charge in [0.25, 0.3) is 0 Å². The number of ether oxygens (including phenoxy) is 2. The SMILES string of the molecule is CC(C)Sc1nc2sc3c(c2c2nnc(SCC(=O)NCC4CCCO4)n12)CC(C)(C)OC3. The molecule has 2 aliphatic heterocycles. The first kappa shape index (κ1) is 23.3. The Morgan fingerprint density at radius 3 is 2.94 bits per heavy atom. The van der Waals surface area contributed by atoms with E-state index in [1.54, 1.807) is 23.1 Å². The van der Waals surface area contributed by atoms with Crippen LogP contribution in [-0.4, -0.2) is 61.3 Å². The Morgan fingerprint density at radius 1 is 1.33 bits per heavy atom.